The van der Waals surface area contributed by atoms with Crippen molar-refractivity contribution in [1.29, 1.82) is 0 Å². The number of rotatable bonds is 3. The zero-order valence-corrected chi connectivity index (χ0v) is 7.90. The number of nitrogens with one attached hydrogen (secondary N) is 1. The number of carbonyl (C=O) groups excluding carboxylic acids is 1. The van der Waals surface area contributed by atoms with E-state index >= 15 is 0 Å². The van der Waals surface area contributed by atoms with Gasteiger partial charge < -0.3 is 19.9 Å². The number of carbonyl (C=O) groups is 1. The van der Waals surface area contributed by atoms with Crippen LogP contribution in [0.2, 0.25) is 0 Å². The largest absolute Gasteiger partial charge is 0.467 e. The molecule has 2 rings (SSSR count). The zero-order chi connectivity index (χ0) is 10.7. The first-order valence-electron chi connectivity index (χ1n) is 4.41. The topological polar surface area (TPSA) is 81.4 Å². The van der Waals surface area contributed by atoms with Crippen LogP contribution < -0.4 is 11.1 Å². The van der Waals surface area contributed by atoms with Crippen LogP contribution in [0.1, 0.15) is 16.3 Å². The molecule has 0 bridgehead atoms. The minimum Gasteiger partial charge on any atom is -0.467 e. The fraction of sp³-hybridized carbons (Fsp3) is 0.100. The zero-order valence-electron chi connectivity index (χ0n) is 7.90. The SMILES string of the molecule is Nc1ccc(C(=O)NCc2ccco2)o1. The molecule has 78 valence electrons. The summed E-state index contributed by atoms with van der Waals surface area (Å²) in [6.07, 6.45) is 1.55. The van der Waals surface area contributed by atoms with E-state index in [-0.39, 0.29) is 17.6 Å². The summed E-state index contributed by atoms with van der Waals surface area (Å²) >= 11 is 0. The molecule has 0 atom stereocenters. The van der Waals surface area contributed by atoms with Crippen molar-refractivity contribution in [3.8, 4) is 0 Å². The molecule has 0 saturated heterocycles. The lowest BCUT2D eigenvalue weighted by Crippen LogP contribution is -2.21. The van der Waals surface area contributed by atoms with Crippen LogP contribution in [-0.4, -0.2) is 5.91 Å². The van der Waals surface area contributed by atoms with Crippen LogP contribution in [0.15, 0.2) is 39.4 Å². The van der Waals surface area contributed by atoms with E-state index in [1.54, 1.807) is 18.4 Å². The number of anilines is 1. The van der Waals surface area contributed by atoms with Crippen molar-refractivity contribution in [2.75, 3.05) is 5.73 Å². The summed E-state index contributed by atoms with van der Waals surface area (Å²) in [5, 5.41) is 2.63. The summed E-state index contributed by atoms with van der Waals surface area (Å²) in [6.45, 7) is 0.326. The Morgan fingerprint density at radius 3 is 2.87 bits per heavy atom. The summed E-state index contributed by atoms with van der Waals surface area (Å²) in [5.74, 6) is 0.781. The van der Waals surface area contributed by atoms with E-state index in [1.807, 2.05) is 0 Å². The third kappa shape index (κ3) is 2.19. The predicted molar refractivity (Wildman–Crippen MR) is 53.0 cm³/mol. The maximum atomic E-state index is 11.5. The van der Waals surface area contributed by atoms with Crippen LogP contribution in [0.3, 0.4) is 0 Å². The number of nitrogens with two attached hydrogens (primary N) is 1. The Balaban J connectivity index is 1.93. The Morgan fingerprint density at radius 2 is 2.27 bits per heavy atom. The minimum atomic E-state index is -0.317. The van der Waals surface area contributed by atoms with Gasteiger partial charge in [-0.1, -0.05) is 0 Å². The minimum absolute atomic E-state index is 0.194. The molecule has 5 nitrogen and oxygen atoms in total. The molecule has 0 radical (unpaired) electrons. The third-order valence-electron chi connectivity index (χ3n) is 1.85. The predicted octanol–water partition coefficient (Wildman–Crippen LogP) is 1.38. The van der Waals surface area contributed by atoms with Crippen molar-refractivity contribution in [3.63, 3.8) is 0 Å². The van der Waals surface area contributed by atoms with Gasteiger partial charge in [0, 0.05) is 6.07 Å². The van der Waals surface area contributed by atoms with E-state index < -0.39 is 0 Å². The molecule has 0 saturated carbocycles. The lowest BCUT2D eigenvalue weighted by atomic mass is 10.4. The molecule has 3 N–H and O–H groups in total. The van der Waals surface area contributed by atoms with Crippen molar-refractivity contribution in [3.05, 3.63) is 42.0 Å². The van der Waals surface area contributed by atoms with Gasteiger partial charge in [0.05, 0.1) is 12.8 Å². The molecule has 0 fully saturated rings. The quantitative estimate of drug-likeness (QED) is 0.794. The number of nitrogen functional groups attached to an aromatic ring is 1. The highest BCUT2D eigenvalue weighted by molar-refractivity contribution is 5.91. The van der Waals surface area contributed by atoms with Gasteiger partial charge in [-0.3, -0.25) is 4.79 Å². The monoisotopic (exact) mass is 206 g/mol. The normalized spacial score (nSPS) is 10.1. The van der Waals surface area contributed by atoms with Crippen LogP contribution in [0.25, 0.3) is 0 Å². The Labute approximate surface area is 85.9 Å². The van der Waals surface area contributed by atoms with Gasteiger partial charge in [-0.15, -0.1) is 0 Å². The van der Waals surface area contributed by atoms with E-state index in [1.165, 1.54) is 12.1 Å². The first-order valence-corrected chi connectivity index (χ1v) is 4.41. The molecule has 0 unspecified atom stereocenters. The number of amides is 1. The van der Waals surface area contributed by atoms with E-state index in [0.717, 1.165) is 0 Å². The molecule has 0 spiro atoms. The van der Waals surface area contributed by atoms with Crippen LogP contribution in [0.5, 0.6) is 0 Å². The fourth-order valence-electron chi connectivity index (χ4n) is 1.14. The van der Waals surface area contributed by atoms with Gasteiger partial charge in [0.1, 0.15) is 5.76 Å². The fourth-order valence-corrected chi connectivity index (χ4v) is 1.14. The molecular formula is C10H10N2O3. The van der Waals surface area contributed by atoms with E-state index in [4.69, 9.17) is 14.6 Å². The van der Waals surface area contributed by atoms with Crippen molar-refractivity contribution in [1.82, 2.24) is 5.32 Å². The van der Waals surface area contributed by atoms with Crippen molar-refractivity contribution in [2.24, 2.45) is 0 Å². The van der Waals surface area contributed by atoms with Crippen LogP contribution >= 0.6 is 0 Å². The van der Waals surface area contributed by atoms with Gasteiger partial charge in [-0.25, -0.2) is 0 Å². The number of hydrogen-bond acceptors (Lipinski definition) is 4. The maximum Gasteiger partial charge on any atom is 0.287 e. The summed E-state index contributed by atoms with van der Waals surface area (Å²) in [4.78, 5) is 11.5. The highest BCUT2D eigenvalue weighted by atomic mass is 16.4. The standard InChI is InChI=1S/C10H10N2O3/c11-9-4-3-8(15-9)10(13)12-6-7-2-1-5-14-7/h1-5H,6,11H2,(H,12,13). The lowest BCUT2D eigenvalue weighted by Gasteiger charge is -1.99. The smallest absolute Gasteiger partial charge is 0.287 e. The van der Waals surface area contributed by atoms with Gasteiger partial charge in [0.25, 0.3) is 5.91 Å². The van der Waals surface area contributed by atoms with Gasteiger partial charge in [0.15, 0.2) is 11.6 Å². The van der Waals surface area contributed by atoms with Crippen molar-refractivity contribution < 1.29 is 13.6 Å². The Morgan fingerprint density at radius 1 is 1.40 bits per heavy atom. The molecular weight excluding hydrogens is 196 g/mol. The van der Waals surface area contributed by atoms with Crippen molar-refractivity contribution in [2.45, 2.75) is 6.54 Å². The third-order valence-corrected chi connectivity index (χ3v) is 1.85. The summed E-state index contributed by atoms with van der Waals surface area (Å²) in [5.41, 5.74) is 5.34. The molecule has 15 heavy (non-hydrogen) atoms. The highest BCUT2D eigenvalue weighted by Gasteiger charge is 2.09. The molecule has 2 aromatic rings. The Bertz CT molecular complexity index is 445. The van der Waals surface area contributed by atoms with Gasteiger partial charge in [-0.2, -0.15) is 0 Å². The first-order chi connectivity index (χ1) is 7.25. The average molecular weight is 206 g/mol. The van der Waals surface area contributed by atoms with Crippen LogP contribution in [0, 0.1) is 0 Å². The summed E-state index contributed by atoms with van der Waals surface area (Å²) < 4.78 is 10.0. The molecule has 0 aliphatic heterocycles. The molecule has 5 heteroatoms. The molecule has 0 aliphatic rings. The number of furan rings is 2. The molecule has 0 aliphatic carbocycles. The lowest BCUT2D eigenvalue weighted by molar-refractivity contribution is 0.0921. The summed E-state index contributed by atoms with van der Waals surface area (Å²) in [7, 11) is 0. The van der Waals surface area contributed by atoms with E-state index in [0.29, 0.717) is 12.3 Å². The molecule has 1 amide bonds. The average Bonchev–Trinajstić information content (AvgIpc) is 2.84. The number of hydrogen-bond donors (Lipinski definition) is 2. The molecule has 2 aromatic heterocycles. The molecule has 0 aromatic carbocycles. The second-order valence-electron chi connectivity index (χ2n) is 2.96. The van der Waals surface area contributed by atoms with Gasteiger partial charge in [0.2, 0.25) is 0 Å². The maximum absolute atomic E-state index is 11.5. The highest BCUT2D eigenvalue weighted by Crippen LogP contribution is 2.09. The van der Waals surface area contributed by atoms with Crippen LogP contribution in [0.4, 0.5) is 5.88 Å². The van der Waals surface area contributed by atoms with E-state index in [9.17, 15) is 4.79 Å². The second-order valence-corrected chi connectivity index (χ2v) is 2.96. The second kappa shape index (κ2) is 3.91. The Hall–Kier alpha value is -2.17. The molecule has 2 heterocycles. The van der Waals surface area contributed by atoms with E-state index in [2.05, 4.69) is 5.32 Å². The van der Waals surface area contributed by atoms with Gasteiger partial charge >= 0.3 is 0 Å². The Kier molecular flexibility index (Phi) is 2.45. The first kappa shape index (κ1) is 9.39. The van der Waals surface area contributed by atoms with Crippen LogP contribution in [-0.2, 0) is 6.54 Å². The summed E-state index contributed by atoms with van der Waals surface area (Å²) in [6, 6.07) is 6.58. The van der Waals surface area contributed by atoms with Gasteiger partial charge in [-0.05, 0) is 18.2 Å². The van der Waals surface area contributed by atoms with Crippen molar-refractivity contribution >= 4 is 11.8 Å².